The molecular formula is C25H29N5O4. The molecule has 0 saturated heterocycles. The average molecular weight is 464 g/mol. The Bertz CT molecular complexity index is 1440. The van der Waals surface area contributed by atoms with E-state index in [4.69, 9.17) is 4.74 Å². The smallest absolute Gasteiger partial charge is 0.332 e. The summed E-state index contributed by atoms with van der Waals surface area (Å²) in [6.45, 7) is 4.59. The van der Waals surface area contributed by atoms with E-state index in [0.717, 1.165) is 21.3 Å². The Morgan fingerprint density at radius 3 is 2.47 bits per heavy atom. The molecule has 2 N–H and O–H groups in total. The summed E-state index contributed by atoms with van der Waals surface area (Å²) in [5.41, 5.74) is 2.85. The number of ether oxygens (including phenoxy) is 1. The van der Waals surface area contributed by atoms with Gasteiger partial charge in [-0.2, -0.15) is 4.98 Å². The summed E-state index contributed by atoms with van der Waals surface area (Å²) in [5.74, 6) is 1.06. The molecule has 1 unspecified atom stereocenters. The van der Waals surface area contributed by atoms with Gasteiger partial charge in [-0.1, -0.05) is 36.4 Å². The van der Waals surface area contributed by atoms with E-state index in [1.54, 1.807) is 11.6 Å². The minimum absolute atomic E-state index is 0.0341. The molecule has 0 aliphatic carbocycles. The Balaban J connectivity index is 1.64. The Hall–Kier alpha value is -3.85. The zero-order valence-electron chi connectivity index (χ0n) is 19.8. The van der Waals surface area contributed by atoms with Gasteiger partial charge >= 0.3 is 5.69 Å². The maximum Gasteiger partial charge on any atom is 0.332 e. The fourth-order valence-corrected chi connectivity index (χ4v) is 3.80. The number of hydrogen-bond donors (Lipinski definition) is 2. The van der Waals surface area contributed by atoms with Gasteiger partial charge in [-0.15, -0.1) is 0 Å². The van der Waals surface area contributed by atoms with Gasteiger partial charge in [-0.25, -0.2) is 4.79 Å². The molecular weight excluding hydrogens is 434 g/mol. The van der Waals surface area contributed by atoms with Crippen LogP contribution in [0.25, 0.3) is 11.2 Å². The topological polar surface area (TPSA) is 103 Å². The molecule has 34 heavy (non-hydrogen) atoms. The molecule has 4 rings (SSSR count). The number of fused-ring (bicyclic) bond motifs is 1. The lowest BCUT2D eigenvalue weighted by Gasteiger charge is -2.16. The van der Waals surface area contributed by atoms with Crippen molar-refractivity contribution in [3.05, 3.63) is 86.1 Å². The first-order chi connectivity index (χ1) is 16.3. The van der Waals surface area contributed by atoms with E-state index in [1.807, 2.05) is 62.4 Å². The summed E-state index contributed by atoms with van der Waals surface area (Å²) >= 11 is 0. The van der Waals surface area contributed by atoms with Crippen LogP contribution in [0.1, 0.15) is 16.7 Å². The quantitative estimate of drug-likeness (QED) is 0.415. The molecule has 0 aliphatic rings. The Labute approximate surface area is 196 Å². The SMILES string of the molecule is Cc1ccc(OCC(O)Cn2c(NCc3ccccc3)nc3c2c(=O)n(C)c(=O)n3C)cc1C. The molecule has 0 spiro atoms. The number of aliphatic hydroxyl groups is 1. The molecule has 0 bridgehead atoms. The van der Waals surface area contributed by atoms with Crippen LogP contribution in [0.3, 0.4) is 0 Å². The first-order valence-electron chi connectivity index (χ1n) is 11.1. The fourth-order valence-electron chi connectivity index (χ4n) is 3.80. The van der Waals surface area contributed by atoms with E-state index >= 15 is 0 Å². The minimum Gasteiger partial charge on any atom is -0.491 e. The molecule has 2 heterocycles. The van der Waals surface area contributed by atoms with Crippen molar-refractivity contribution in [3.8, 4) is 5.75 Å². The Kier molecular flexibility index (Phi) is 6.56. The highest BCUT2D eigenvalue weighted by atomic mass is 16.5. The van der Waals surface area contributed by atoms with Crippen LogP contribution in [0, 0.1) is 13.8 Å². The minimum atomic E-state index is -0.918. The molecule has 0 fully saturated rings. The molecule has 0 saturated carbocycles. The second-order valence-electron chi connectivity index (χ2n) is 8.47. The predicted octanol–water partition coefficient (Wildman–Crippen LogP) is 2.10. The lowest BCUT2D eigenvalue weighted by atomic mass is 10.1. The average Bonchev–Trinajstić information content (AvgIpc) is 3.19. The van der Waals surface area contributed by atoms with Gasteiger partial charge in [0.2, 0.25) is 5.95 Å². The number of aryl methyl sites for hydroxylation is 3. The van der Waals surface area contributed by atoms with Gasteiger partial charge < -0.3 is 19.7 Å². The molecule has 0 radical (unpaired) electrons. The second kappa shape index (κ2) is 9.56. The highest BCUT2D eigenvalue weighted by Gasteiger charge is 2.21. The van der Waals surface area contributed by atoms with E-state index in [1.165, 1.54) is 11.6 Å². The summed E-state index contributed by atoms with van der Waals surface area (Å²) in [6, 6.07) is 15.5. The number of anilines is 1. The predicted molar refractivity (Wildman–Crippen MR) is 131 cm³/mol. The van der Waals surface area contributed by atoms with Crippen LogP contribution in [-0.4, -0.2) is 36.5 Å². The number of nitrogens with zero attached hydrogens (tertiary/aromatic N) is 4. The van der Waals surface area contributed by atoms with Crippen molar-refractivity contribution < 1.29 is 9.84 Å². The van der Waals surface area contributed by atoms with Gasteiger partial charge in [0.15, 0.2) is 11.2 Å². The third-order valence-corrected chi connectivity index (χ3v) is 5.96. The summed E-state index contributed by atoms with van der Waals surface area (Å²) in [4.78, 5) is 29.9. The van der Waals surface area contributed by atoms with Crippen LogP contribution in [0.15, 0.2) is 58.1 Å². The normalized spacial score (nSPS) is 12.1. The Morgan fingerprint density at radius 2 is 1.76 bits per heavy atom. The van der Waals surface area contributed by atoms with Crippen molar-refractivity contribution in [3.63, 3.8) is 0 Å². The highest BCUT2D eigenvalue weighted by Crippen LogP contribution is 2.19. The fraction of sp³-hybridized carbons (Fsp3) is 0.320. The van der Waals surface area contributed by atoms with Crippen molar-refractivity contribution >= 4 is 17.1 Å². The van der Waals surface area contributed by atoms with Gasteiger partial charge in [0.05, 0.1) is 6.54 Å². The number of rotatable bonds is 8. The summed E-state index contributed by atoms with van der Waals surface area (Å²) in [7, 11) is 3.00. The highest BCUT2D eigenvalue weighted by molar-refractivity contribution is 5.74. The maximum absolute atomic E-state index is 13.0. The van der Waals surface area contributed by atoms with Crippen molar-refractivity contribution in [2.24, 2.45) is 14.1 Å². The second-order valence-corrected chi connectivity index (χ2v) is 8.47. The monoisotopic (exact) mass is 463 g/mol. The first-order valence-corrected chi connectivity index (χ1v) is 11.1. The van der Waals surface area contributed by atoms with Crippen LogP contribution < -0.4 is 21.3 Å². The van der Waals surface area contributed by atoms with Gasteiger partial charge in [0.25, 0.3) is 5.56 Å². The van der Waals surface area contributed by atoms with Gasteiger partial charge in [-0.3, -0.25) is 13.9 Å². The molecule has 178 valence electrons. The number of hydrogen-bond acceptors (Lipinski definition) is 6. The number of aliphatic hydroxyl groups excluding tert-OH is 1. The van der Waals surface area contributed by atoms with E-state index in [-0.39, 0.29) is 24.3 Å². The van der Waals surface area contributed by atoms with Crippen molar-refractivity contribution in [1.29, 1.82) is 0 Å². The number of imidazole rings is 1. The van der Waals surface area contributed by atoms with Crippen molar-refractivity contribution in [2.45, 2.75) is 33.0 Å². The largest absolute Gasteiger partial charge is 0.491 e. The molecule has 2 aromatic heterocycles. The van der Waals surface area contributed by atoms with Crippen LogP contribution in [0.5, 0.6) is 5.75 Å². The van der Waals surface area contributed by atoms with Crippen LogP contribution in [-0.2, 0) is 27.2 Å². The lowest BCUT2D eigenvalue weighted by Crippen LogP contribution is -2.38. The number of benzene rings is 2. The zero-order valence-corrected chi connectivity index (χ0v) is 19.8. The first kappa shape index (κ1) is 23.3. The third-order valence-electron chi connectivity index (χ3n) is 5.96. The van der Waals surface area contributed by atoms with E-state index in [2.05, 4.69) is 10.3 Å². The zero-order chi connectivity index (χ0) is 24.4. The molecule has 1 atom stereocenters. The van der Waals surface area contributed by atoms with Gasteiger partial charge in [-0.05, 0) is 42.7 Å². The standard InChI is InChI=1S/C25H29N5O4/c1-16-10-11-20(12-17(16)2)34-15-19(31)14-30-21-22(28(3)25(33)29(4)23(21)32)27-24(30)26-13-18-8-6-5-7-9-18/h5-12,19,31H,13-15H2,1-4H3,(H,26,27). The maximum atomic E-state index is 13.0. The Morgan fingerprint density at radius 1 is 1.03 bits per heavy atom. The van der Waals surface area contributed by atoms with Crippen LogP contribution >= 0.6 is 0 Å². The lowest BCUT2D eigenvalue weighted by molar-refractivity contribution is 0.0938. The van der Waals surface area contributed by atoms with E-state index < -0.39 is 17.4 Å². The molecule has 9 heteroatoms. The summed E-state index contributed by atoms with van der Waals surface area (Å²) in [6.07, 6.45) is -0.918. The van der Waals surface area contributed by atoms with Crippen molar-refractivity contribution in [2.75, 3.05) is 11.9 Å². The number of nitrogens with one attached hydrogen (secondary N) is 1. The molecule has 9 nitrogen and oxygen atoms in total. The number of aromatic nitrogens is 4. The van der Waals surface area contributed by atoms with Gasteiger partial charge in [0.1, 0.15) is 18.5 Å². The third kappa shape index (κ3) is 4.60. The van der Waals surface area contributed by atoms with E-state index in [9.17, 15) is 14.7 Å². The van der Waals surface area contributed by atoms with Crippen molar-refractivity contribution in [1.82, 2.24) is 18.7 Å². The molecule has 0 aliphatic heterocycles. The van der Waals surface area contributed by atoms with Crippen LogP contribution in [0.2, 0.25) is 0 Å². The van der Waals surface area contributed by atoms with Crippen LogP contribution in [0.4, 0.5) is 5.95 Å². The van der Waals surface area contributed by atoms with E-state index in [0.29, 0.717) is 18.2 Å². The molecule has 0 amide bonds. The summed E-state index contributed by atoms with van der Waals surface area (Å²) in [5, 5.41) is 14.0. The summed E-state index contributed by atoms with van der Waals surface area (Å²) < 4.78 is 9.78. The molecule has 4 aromatic rings. The molecule has 2 aromatic carbocycles. The van der Waals surface area contributed by atoms with Gasteiger partial charge in [0, 0.05) is 20.6 Å².